The summed E-state index contributed by atoms with van der Waals surface area (Å²) in [6.45, 7) is 1.75. The molecule has 1 aliphatic rings. The average molecular weight is 166 g/mol. The van der Waals surface area contributed by atoms with E-state index in [1.807, 2.05) is 6.33 Å². The summed E-state index contributed by atoms with van der Waals surface area (Å²) in [7, 11) is 0. The number of rotatable bonds is 1. The molecular formula is C8H14N4. The molecule has 0 saturated heterocycles. The number of nitrogens with zero attached hydrogens (tertiary/aromatic N) is 3. The average Bonchev–Trinajstić information content (AvgIpc) is 2.46. The van der Waals surface area contributed by atoms with E-state index in [0.717, 1.165) is 18.8 Å². The van der Waals surface area contributed by atoms with Gasteiger partial charge in [-0.1, -0.05) is 6.42 Å². The van der Waals surface area contributed by atoms with Gasteiger partial charge in [-0.05, 0) is 12.8 Å². The molecule has 1 atom stereocenters. The van der Waals surface area contributed by atoms with E-state index in [-0.39, 0.29) is 0 Å². The molecule has 4 nitrogen and oxygen atoms in total. The molecule has 0 radical (unpaired) electrons. The molecule has 0 unspecified atom stereocenters. The highest BCUT2D eigenvalue weighted by Gasteiger charge is 2.18. The molecule has 1 aromatic rings. The summed E-state index contributed by atoms with van der Waals surface area (Å²) in [5.41, 5.74) is 5.67. The van der Waals surface area contributed by atoms with Crippen LogP contribution in [0.15, 0.2) is 6.33 Å². The Morgan fingerprint density at radius 3 is 3.33 bits per heavy atom. The van der Waals surface area contributed by atoms with E-state index >= 15 is 0 Å². The van der Waals surface area contributed by atoms with Gasteiger partial charge in [0, 0.05) is 19.0 Å². The highest BCUT2D eigenvalue weighted by molar-refractivity contribution is 4.98. The quantitative estimate of drug-likeness (QED) is 0.661. The first-order chi connectivity index (χ1) is 5.92. The van der Waals surface area contributed by atoms with Gasteiger partial charge in [-0.2, -0.15) is 0 Å². The Labute approximate surface area is 71.8 Å². The maximum atomic E-state index is 5.67. The largest absolute Gasteiger partial charge is 0.330 e. The van der Waals surface area contributed by atoms with Gasteiger partial charge in [0.15, 0.2) is 0 Å². The minimum absolute atomic E-state index is 0.426. The molecule has 0 fully saturated rings. The van der Waals surface area contributed by atoms with Crippen molar-refractivity contribution in [3.05, 3.63) is 12.2 Å². The summed E-state index contributed by atoms with van der Waals surface area (Å²) < 4.78 is 2.13. The van der Waals surface area contributed by atoms with Crippen LogP contribution >= 0.6 is 0 Å². The van der Waals surface area contributed by atoms with Crippen LogP contribution in [0.2, 0.25) is 0 Å². The summed E-state index contributed by atoms with van der Waals surface area (Å²) in [5, 5.41) is 8.00. The molecule has 0 bridgehead atoms. The van der Waals surface area contributed by atoms with Gasteiger partial charge in [0.2, 0.25) is 0 Å². The van der Waals surface area contributed by atoms with Gasteiger partial charge in [0.1, 0.15) is 12.2 Å². The van der Waals surface area contributed by atoms with Crippen molar-refractivity contribution < 1.29 is 0 Å². The molecule has 66 valence electrons. The topological polar surface area (TPSA) is 56.7 Å². The Morgan fingerprint density at radius 1 is 1.58 bits per heavy atom. The van der Waals surface area contributed by atoms with E-state index < -0.39 is 0 Å². The van der Waals surface area contributed by atoms with Gasteiger partial charge in [-0.3, -0.25) is 0 Å². The van der Waals surface area contributed by atoms with Gasteiger partial charge in [-0.15, -0.1) is 10.2 Å². The Hall–Kier alpha value is -0.900. The van der Waals surface area contributed by atoms with Crippen molar-refractivity contribution in [1.82, 2.24) is 14.8 Å². The minimum Gasteiger partial charge on any atom is -0.330 e. The van der Waals surface area contributed by atoms with Gasteiger partial charge in [0.05, 0.1) is 0 Å². The van der Waals surface area contributed by atoms with Crippen LogP contribution in [0.5, 0.6) is 0 Å². The zero-order chi connectivity index (χ0) is 8.39. The van der Waals surface area contributed by atoms with Crippen LogP contribution in [0.1, 0.15) is 31.0 Å². The lowest BCUT2D eigenvalue weighted by Gasteiger charge is -2.09. The first-order valence-corrected chi connectivity index (χ1v) is 4.49. The molecule has 0 aromatic carbocycles. The number of hydrogen-bond acceptors (Lipinski definition) is 3. The van der Waals surface area contributed by atoms with E-state index in [9.17, 15) is 0 Å². The summed E-state index contributed by atoms with van der Waals surface area (Å²) in [6, 6.07) is 0. The maximum absolute atomic E-state index is 5.67. The van der Waals surface area contributed by atoms with Crippen molar-refractivity contribution in [2.24, 2.45) is 5.73 Å². The third kappa shape index (κ3) is 1.22. The molecular weight excluding hydrogens is 152 g/mol. The monoisotopic (exact) mass is 166 g/mol. The highest BCUT2D eigenvalue weighted by atomic mass is 15.3. The predicted molar refractivity (Wildman–Crippen MR) is 45.7 cm³/mol. The third-order valence-corrected chi connectivity index (χ3v) is 2.50. The normalized spacial score (nSPS) is 23.2. The molecule has 0 amide bonds. The van der Waals surface area contributed by atoms with Gasteiger partial charge >= 0.3 is 0 Å². The Balaban J connectivity index is 2.29. The summed E-state index contributed by atoms with van der Waals surface area (Å²) in [6.07, 6.45) is 5.45. The minimum atomic E-state index is 0.426. The molecule has 0 spiro atoms. The van der Waals surface area contributed by atoms with Crippen molar-refractivity contribution in [2.75, 3.05) is 6.54 Å². The van der Waals surface area contributed by atoms with Crippen LogP contribution in [-0.2, 0) is 6.54 Å². The maximum Gasteiger partial charge on any atom is 0.137 e. The number of aromatic nitrogens is 3. The first-order valence-electron chi connectivity index (χ1n) is 4.49. The zero-order valence-electron chi connectivity index (χ0n) is 7.11. The Kier molecular flexibility index (Phi) is 2.08. The number of nitrogens with two attached hydrogens (primary N) is 1. The predicted octanol–water partition coefficient (Wildman–Crippen LogP) is 0.504. The molecule has 0 aliphatic carbocycles. The summed E-state index contributed by atoms with van der Waals surface area (Å²) >= 11 is 0. The lowest BCUT2D eigenvalue weighted by Crippen LogP contribution is -2.15. The SMILES string of the molecule is NC[C@H]1CCCCn2cnnc21. The van der Waals surface area contributed by atoms with Crippen molar-refractivity contribution in [1.29, 1.82) is 0 Å². The van der Waals surface area contributed by atoms with Crippen LogP contribution in [0.25, 0.3) is 0 Å². The molecule has 4 heteroatoms. The first kappa shape index (κ1) is 7.73. The third-order valence-electron chi connectivity index (χ3n) is 2.50. The number of hydrogen-bond donors (Lipinski definition) is 1. The number of aryl methyl sites for hydroxylation is 1. The fraction of sp³-hybridized carbons (Fsp3) is 0.750. The fourth-order valence-corrected chi connectivity index (χ4v) is 1.78. The van der Waals surface area contributed by atoms with Crippen LogP contribution < -0.4 is 5.73 Å². The van der Waals surface area contributed by atoms with E-state index in [0.29, 0.717) is 12.5 Å². The molecule has 2 rings (SSSR count). The van der Waals surface area contributed by atoms with Gasteiger partial charge < -0.3 is 10.3 Å². The van der Waals surface area contributed by atoms with Crippen LogP contribution in [0.4, 0.5) is 0 Å². The van der Waals surface area contributed by atoms with E-state index in [1.54, 1.807) is 0 Å². The second kappa shape index (κ2) is 3.23. The molecule has 1 aromatic heterocycles. The smallest absolute Gasteiger partial charge is 0.137 e. The van der Waals surface area contributed by atoms with Gasteiger partial charge in [-0.25, -0.2) is 0 Å². The lowest BCUT2D eigenvalue weighted by molar-refractivity contribution is 0.589. The summed E-state index contributed by atoms with van der Waals surface area (Å²) in [4.78, 5) is 0. The van der Waals surface area contributed by atoms with Crippen molar-refractivity contribution in [2.45, 2.75) is 31.7 Å². The molecule has 1 aliphatic heterocycles. The van der Waals surface area contributed by atoms with Crippen molar-refractivity contribution >= 4 is 0 Å². The Bertz CT molecular complexity index is 255. The highest BCUT2D eigenvalue weighted by Crippen LogP contribution is 2.22. The van der Waals surface area contributed by atoms with E-state index in [4.69, 9.17) is 5.73 Å². The Morgan fingerprint density at radius 2 is 2.50 bits per heavy atom. The zero-order valence-corrected chi connectivity index (χ0v) is 7.11. The number of fused-ring (bicyclic) bond motifs is 1. The molecule has 2 N–H and O–H groups in total. The van der Waals surface area contributed by atoms with Crippen LogP contribution in [-0.4, -0.2) is 21.3 Å². The standard InChI is InChI=1S/C8H14N4/c9-5-7-3-1-2-4-12-6-10-11-8(7)12/h6-7H,1-5,9H2/t7-/m1/s1. The molecule has 12 heavy (non-hydrogen) atoms. The molecule has 2 heterocycles. The fourth-order valence-electron chi connectivity index (χ4n) is 1.78. The van der Waals surface area contributed by atoms with E-state index in [2.05, 4.69) is 14.8 Å². The van der Waals surface area contributed by atoms with Crippen LogP contribution in [0, 0.1) is 0 Å². The summed E-state index contributed by atoms with van der Waals surface area (Å²) in [5.74, 6) is 1.50. The van der Waals surface area contributed by atoms with Crippen LogP contribution in [0.3, 0.4) is 0 Å². The second-order valence-corrected chi connectivity index (χ2v) is 3.31. The second-order valence-electron chi connectivity index (χ2n) is 3.31. The molecule has 0 saturated carbocycles. The van der Waals surface area contributed by atoms with Gasteiger partial charge in [0.25, 0.3) is 0 Å². The van der Waals surface area contributed by atoms with Crippen molar-refractivity contribution in [3.8, 4) is 0 Å². The lowest BCUT2D eigenvalue weighted by atomic mass is 10.0. The van der Waals surface area contributed by atoms with Crippen molar-refractivity contribution in [3.63, 3.8) is 0 Å². The van der Waals surface area contributed by atoms with E-state index in [1.165, 1.54) is 12.8 Å².